The van der Waals surface area contributed by atoms with Gasteiger partial charge in [-0.05, 0) is 35.4 Å². The van der Waals surface area contributed by atoms with E-state index >= 15 is 0 Å². The van der Waals surface area contributed by atoms with Gasteiger partial charge in [-0.25, -0.2) is 14.0 Å². The quantitative estimate of drug-likeness (QED) is 0.275. The van der Waals surface area contributed by atoms with Crippen molar-refractivity contribution < 1.29 is 51.3 Å². The highest BCUT2D eigenvalue weighted by atomic mass is 19.4. The fourth-order valence-electron chi connectivity index (χ4n) is 2.77. The van der Waals surface area contributed by atoms with Gasteiger partial charge in [0.15, 0.2) is 18.8 Å². The van der Waals surface area contributed by atoms with Crippen LogP contribution in [0.5, 0.6) is 0 Å². The maximum absolute atomic E-state index is 13.0. The van der Waals surface area contributed by atoms with Gasteiger partial charge in [0.1, 0.15) is 18.5 Å². The highest BCUT2D eigenvalue weighted by Crippen LogP contribution is 2.20. The number of aliphatic hydroxyl groups is 1. The SMILES string of the molecule is N#CCOC(=O)C(COCC(O)C(F)(F)F)NC(=O)OCc1ccc(NC(=O)Cc2ccc(F)cc2)cc1. The number of ether oxygens (including phenoxy) is 3. The Morgan fingerprint density at radius 1 is 0.974 bits per heavy atom. The number of benzene rings is 2. The lowest BCUT2D eigenvalue weighted by atomic mass is 10.1. The van der Waals surface area contributed by atoms with Gasteiger partial charge in [-0.2, -0.15) is 18.4 Å². The minimum atomic E-state index is -4.94. The summed E-state index contributed by atoms with van der Waals surface area (Å²) in [5, 5.41) is 22.2. The number of nitriles is 1. The van der Waals surface area contributed by atoms with Gasteiger partial charge in [0, 0.05) is 5.69 Å². The van der Waals surface area contributed by atoms with E-state index in [4.69, 9.17) is 15.1 Å². The van der Waals surface area contributed by atoms with E-state index in [9.17, 15) is 31.9 Å². The standard InChI is InChI=1S/C24H23F4N3O7/c25-17-5-1-15(2-6-17)11-21(33)30-18-7-3-16(4-8-18)12-38-23(35)31-19(22(34)37-10-9-29)13-36-14-20(32)24(26,27)28/h1-8,19-20,32H,10-14H2,(H,30,33)(H,31,35). The van der Waals surface area contributed by atoms with Gasteiger partial charge in [0.05, 0.1) is 19.6 Å². The first kappa shape index (κ1) is 30.0. The number of hydrogen-bond donors (Lipinski definition) is 3. The Balaban J connectivity index is 1.84. The van der Waals surface area contributed by atoms with Crippen LogP contribution in [0.3, 0.4) is 0 Å². The number of amides is 2. The van der Waals surface area contributed by atoms with Crippen molar-refractivity contribution in [2.45, 2.75) is 31.3 Å². The normalized spacial score (nSPS) is 12.5. The fraction of sp³-hybridized carbons (Fsp3) is 0.333. The molecule has 2 aromatic rings. The second kappa shape index (κ2) is 14.5. The van der Waals surface area contributed by atoms with Crippen molar-refractivity contribution in [3.63, 3.8) is 0 Å². The number of nitrogens with one attached hydrogen (secondary N) is 2. The summed E-state index contributed by atoms with van der Waals surface area (Å²) in [4.78, 5) is 36.2. The summed E-state index contributed by atoms with van der Waals surface area (Å²) in [5.74, 6) is -1.91. The van der Waals surface area contributed by atoms with Crippen LogP contribution in [0.1, 0.15) is 11.1 Å². The molecule has 14 heteroatoms. The Morgan fingerprint density at radius 3 is 2.21 bits per heavy atom. The number of hydrogen-bond acceptors (Lipinski definition) is 8. The molecule has 2 atom stereocenters. The summed E-state index contributed by atoms with van der Waals surface area (Å²) in [6, 6.07) is 11.6. The van der Waals surface area contributed by atoms with Crippen molar-refractivity contribution in [2.75, 3.05) is 25.1 Å². The lowest BCUT2D eigenvalue weighted by Crippen LogP contribution is -2.46. The summed E-state index contributed by atoms with van der Waals surface area (Å²) >= 11 is 0. The third kappa shape index (κ3) is 10.8. The summed E-state index contributed by atoms with van der Waals surface area (Å²) in [5.41, 5.74) is 1.56. The van der Waals surface area contributed by atoms with Crippen molar-refractivity contribution in [3.8, 4) is 6.07 Å². The van der Waals surface area contributed by atoms with Crippen LogP contribution in [0.4, 0.5) is 28.0 Å². The first-order chi connectivity index (χ1) is 18.0. The molecule has 0 aliphatic rings. The molecule has 0 aliphatic carbocycles. The fourth-order valence-corrected chi connectivity index (χ4v) is 2.77. The molecule has 0 saturated heterocycles. The molecular formula is C24H23F4N3O7. The van der Waals surface area contributed by atoms with Crippen LogP contribution in [0.2, 0.25) is 0 Å². The van der Waals surface area contributed by atoms with Crippen LogP contribution in [0.15, 0.2) is 48.5 Å². The highest BCUT2D eigenvalue weighted by Gasteiger charge is 2.38. The molecule has 2 rings (SSSR count). The predicted molar refractivity (Wildman–Crippen MR) is 122 cm³/mol. The van der Waals surface area contributed by atoms with Crippen LogP contribution in [-0.2, 0) is 36.8 Å². The predicted octanol–water partition coefficient (Wildman–Crippen LogP) is 2.61. The summed E-state index contributed by atoms with van der Waals surface area (Å²) in [7, 11) is 0. The van der Waals surface area contributed by atoms with Crippen LogP contribution in [0.25, 0.3) is 0 Å². The van der Waals surface area contributed by atoms with Crippen LogP contribution in [-0.4, -0.2) is 61.2 Å². The van der Waals surface area contributed by atoms with E-state index in [-0.39, 0.29) is 18.9 Å². The highest BCUT2D eigenvalue weighted by molar-refractivity contribution is 5.92. The zero-order chi connectivity index (χ0) is 28.1. The molecule has 0 aromatic heterocycles. The number of halogens is 4. The molecule has 2 amide bonds. The van der Waals surface area contributed by atoms with Crippen molar-refractivity contribution in [1.82, 2.24) is 5.32 Å². The largest absolute Gasteiger partial charge is 0.449 e. The van der Waals surface area contributed by atoms with Crippen LogP contribution >= 0.6 is 0 Å². The van der Waals surface area contributed by atoms with E-state index in [2.05, 4.69) is 20.1 Å². The first-order valence-electron chi connectivity index (χ1n) is 10.9. The van der Waals surface area contributed by atoms with E-state index in [1.807, 2.05) is 0 Å². The number of anilines is 1. The molecule has 0 radical (unpaired) electrons. The monoisotopic (exact) mass is 541 g/mol. The molecule has 204 valence electrons. The number of rotatable bonds is 12. The topological polar surface area (TPSA) is 147 Å². The lowest BCUT2D eigenvalue weighted by molar-refractivity contribution is -0.217. The lowest BCUT2D eigenvalue weighted by Gasteiger charge is -2.19. The van der Waals surface area contributed by atoms with Gasteiger partial charge in [-0.15, -0.1) is 0 Å². The van der Waals surface area contributed by atoms with Crippen molar-refractivity contribution in [3.05, 3.63) is 65.5 Å². The molecule has 38 heavy (non-hydrogen) atoms. The summed E-state index contributed by atoms with van der Waals surface area (Å²) in [6.07, 6.45) is -8.85. The van der Waals surface area contributed by atoms with Gasteiger partial charge in [-0.1, -0.05) is 24.3 Å². The maximum atomic E-state index is 13.0. The second-order valence-corrected chi connectivity index (χ2v) is 7.68. The Morgan fingerprint density at radius 2 is 1.61 bits per heavy atom. The van der Waals surface area contributed by atoms with E-state index < -0.39 is 56.0 Å². The Labute approximate surface area is 214 Å². The van der Waals surface area contributed by atoms with Gasteiger partial charge in [0.25, 0.3) is 0 Å². The third-order valence-electron chi connectivity index (χ3n) is 4.68. The number of carbonyl (C=O) groups excluding carboxylic acids is 3. The number of aliphatic hydroxyl groups excluding tert-OH is 1. The molecule has 0 fully saturated rings. The van der Waals surface area contributed by atoms with Gasteiger partial charge >= 0.3 is 18.2 Å². The smallest absolute Gasteiger partial charge is 0.416 e. The minimum absolute atomic E-state index is 0.0299. The molecule has 0 spiro atoms. The van der Waals surface area contributed by atoms with Crippen molar-refractivity contribution in [1.29, 1.82) is 5.26 Å². The van der Waals surface area contributed by atoms with Crippen LogP contribution in [0, 0.1) is 17.1 Å². The Bertz CT molecular complexity index is 1120. The van der Waals surface area contributed by atoms with Crippen molar-refractivity contribution >= 4 is 23.7 Å². The maximum Gasteiger partial charge on any atom is 0.416 e. The minimum Gasteiger partial charge on any atom is -0.449 e. The number of esters is 1. The average molecular weight is 541 g/mol. The Hall–Kier alpha value is -4.22. The van der Waals surface area contributed by atoms with E-state index in [0.717, 1.165) is 0 Å². The molecule has 0 bridgehead atoms. The molecule has 10 nitrogen and oxygen atoms in total. The van der Waals surface area contributed by atoms with E-state index in [1.54, 1.807) is 24.3 Å². The molecule has 2 unspecified atom stereocenters. The Kier molecular flexibility index (Phi) is 11.5. The van der Waals surface area contributed by atoms with Gasteiger partial charge in [0.2, 0.25) is 5.91 Å². The second-order valence-electron chi connectivity index (χ2n) is 7.68. The zero-order valence-corrected chi connectivity index (χ0v) is 19.7. The summed E-state index contributed by atoms with van der Waals surface area (Å²) in [6.45, 7) is -2.94. The van der Waals surface area contributed by atoms with Crippen LogP contribution < -0.4 is 10.6 Å². The van der Waals surface area contributed by atoms with Crippen molar-refractivity contribution in [2.24, 2.45) is 0 Å². The molecular weight excluding hydrogens is 518 g/mol. The number of alkyl carbamates (subject to hydrolysis) is 1. The molecule has 3 N–H and O–H groups in total. The number of alkyl halides is 3. The third-order valence-corrected chi connectivity index (χ3v) is 4.68. The molecule has 0 aliphatic heterocycles. The molecule has 0 saturated carbocycles. The summed E-state index contributed by atoms with van der Waals surface area (Å²) < 4.78 is 64.3. The van der Waals surface area contributed by atoms with E-state index in [1.165, 1.54) is 30.3 Å². The zero-order valence-electron chi connectivity index (χ0n) is 19.7. The van der Waals surface area contributed by atoms with Gasteiger partial charge < -0.3 is 30.0 Å². The number of carbonyl (C=O) groups is 3. The number of nitrogens with zero attached hydrogens (tertiary/aromatic N) is 1. The van der Waals surface area contributed by atoms with Gasteiger partial charge in [-0.3, -0.25) is 4.79 Å². The van der Waals surface area contributed by atoms with E-state index in [0.29, 0.717) is 16.8 Å². The molecule has 2 aromatic carbocycles. The average Bonchev–Trinajstić information content (AvgIpc) is 2.87. The first-order valence-corrected chi connectivity index (χ1v) is 10.9. The molecule has 0 heterocycles.